The summed E-state index contributed by atoms with van der Waals surface area (Å²) in [7, 11) is -2.61. The fourth-order valence-electron chi connectivity index (χ4n) is 1.39. The van der Waals surface area contributed by atoms with E-state index in [4.69, 9.17) is 10.8 Å². The third-order valence-electron chi connectivity index (χ3n) is 2.26. The predicted molar refractivity (Wildman–Crippen MR) is 69.4 cm³/mol. The van der Waals surface area contributed by atoms with E-state index in [9.17, 15) is 18.0 Å². The van der Waals surface area contributed by atoms with Crippen molar-refractivity contribution in [1.82, 2.24) is 8.61 Å². The first-order chi connectivity index (χ1) is 8.57. The number of hydrogen-bond acceptors (Lipinski definition) is 4. The minimum atomic E-state index is -3.88. The average Bonchev–Trinajstić information content (AvgIpc) is 2.23. The molecule has 0 unspecified atom stereocenters. The van der Waals surface area contributed by atoms with Crippen LogP contribution in [0.1, 0.15) is 20.3 Å². The van der Waals surface area contributed by atoms with Crippen molar-refractivity contribution >= 4 is 22.1 Å². The molecule has 0 aliphatic rings. The van der Waals surface area contributed by atoms with Crippen LogP contribution in [0.5, 0.6) is 0 Å². The first-order valence-electron chi connectivity index (χ1n) is 5.78. The molecule has 0 aromatic carbocycles. The van der Waals surface area contributed by atoms with Crippen molar-refractivity contribution in [2.75, 3.05) is 26.7 Å². The van der Waals surface area contributed by atoms with E-state index >= 15 is 0 Å². The lowest BCUT2D eigenvalue weighted by Crippen LogP contribution is -2.47. The molecule has 1 amide bonds. The highest BCUT2D eigenvalue weighted by atomic mass is 32.2. The molecule has 0 heterocycles. The quantitative estimate of drug-likeness (QED) is 0.570. The maximum atomic E-state index is 12.2. The Hall–Kier alpha value is -1.19. The number of carboxylic acid groups (broad SMARTS) is 1. The summed E-state index contributed by atoms with van der Waals surface area (Å²) in [6, 6.07) is 0. The fourth-order valence-corrected chi connectivity index (χ4v) is 2.88. The van der Waals surface area contributed by atoms with Crippen LogP contribution >= 0.6 is 0 Å². The first kappa shape index (κ1) is 17.8. The molecular formula is C10H21N3O5S. The molecule has 0 spiro atoms. The topological polar surface area (TPSA) is 121 Å². The van der Waals surface area contributed by atoms with Gasteiger partial charge in [0, 0.05) is 20.1 Å². The highest BCUT2D eigenvalue weighted by molar-refractivity contribution is 7.86. The summed E-state index contributed by atoms with van der Waals surface area (Å²) in [5.41, 5.74) is 5.03. The molecule has 0 atom stereocenters. The molecule has 0 bridgehead atoms. The molecule has 3 N–H and O–H groups in total. The van der Waals surface area contributed by atoms with Crippen molar-refractivity contribution in [3.63, 3.8) is 0 Å². The maximum absolute atomic E-state index is 12.2. The van der Waals surface area contributed by atoms with Gasteiger partial charge < -0.3 is 10.8 Å². The summed E-state index contributed by atoms with van der Waals surface area (Å²) >= 11 is 0. The van der Waals surface area contributed by atoms with Gasteiger partial charge in [0.05, 0.1) is 13.0 Å². The van der Waals surface area contributed by atoms with Crippen molar-refractivity contribution < 1.29 is 23.1 Å². The molecule has 0 rings (SSSR count). The Morgan fingerprint density at radius 3 is 2.21 bits per heavy atom. The number of aliphatic carboxylic acids is 1. The second-order valence-electron chi connectivity index (χ2n) is 4.63. The van der Waals surface area contributed by atoms with Gasteiger partial charge in [0.2, 0.25) is 5.91 Å². The Balaban J connectivity index is 4.94. The van der Waals surface area contributed by atoms with Crippen LogP contribution in [0.4, 0.5) is 0 Å². The van der Waals surface area contributed by atoms with Gasteiger partial charge in [0.1, 0.15) is 0 Å². The van der Waals surface area contributed by atoms with Gasteiger partial charge in [-0.2, -0.15) is 17.0 Å². The minimum absolute atomic E-state index is 0.0157. The van der Waals surface area contributed by atoms with Crippen molar-refractivity contribution in [2.24, 2.45) is 11.7 Å². The number of rotatable bonds is 9. The van der Waals surface area contributed by atoms with E-state index in [1.807, 2.05) is 0 Å². The monoisotopic (exact) mass is 295 g/mol. The van der Waals surface area contributed by atoms with Crippen LogP contribution in [0.2, 0.25) is 0 Å². The van der Waals surface area contributed by atoms with Crippen LogP contribution in [-0.2, 0) is 19.8 Å². The van der Waals surface area contributed by atoms with Crippen LogP contribution in [0, 0.1) is 5.92 Å². The summed E-state index contributed by atoms with van der Waals surface area (Å²) in [6.45, 7) is 3.17. The van der Waals surface area contributed by atoms with Gasteiger partial charge in [-0.1, -0.05) is 13.8 Å². The second-order valence-corrected chi connectivity index (χ2v) is 6.66. The number of nitrogens with two attached hydrogens (primary N) is 1. The Morgan fingerprint density at radius 1 is 1.32 bits per heavy atom. The minimum Gasteiger partial charge on any atom is -0.481 e. The molecule has 8 nitrogen and oxygen atoms in total. The SMILES string of the molecule is CC(C)CN(CC(N)=O)S(=O)(=O)N(C)CCC(=O)O. The van der Waals surface area contributed by atoms with Gasteiger partial charge in [-0.25, -0.2) is 0 Å². The number of hydrogen-bond donors (Lipinski definition) is 2. The molecule has 0 radical (unpaired) electrons. The Kier molecular flexibility index (Phi) is 6.95. The van der Waals surface area contributed by atoms with E-state index < -0.39 is 28.6 Å². The van der Waals surface area contributed by atoms with Crippen molar-refractivity contribution in [2.45, 2.75) is 20.3 Å². The van der Waals surface area contributed by atoms with Crippen LogP contribution in [0.15, 0.2) is 0 Å². The van der Waals surface area contributed by atoms with Gasteiger partial charge in [-0.15, -0.1) is 0 Å². The zero-order valence-corrected chi connectivity index (χ0v) is 12.2. The molecule has 0 saturated heterocycles. The van der Waals surface area contributed by atoms with Gasteiger partial charge in [-0.05, 0) is 5.92 Å². The van der Waals surface area contributed by atoms with Crippen molar-refractivity contribution in [1.29, 1.82) is 0 Å². The van der Waals surface area contributed by atoms with Gasteiger partial charge in [0.15, 0.2) is 0 Å². The molecule has 0 aliphatic carbocycles. The van der Waals surface area contributed by atoms with E-state index in [-0.39, 0.29) is 25.4 Å². The Labute approximate surface area is 113 Å². The lowest BCUT2D eigenvalue weighted by molar-refractivity contribution is -0.137. The highest BCUT2D eigenvalue weighted by Crippen LogP contribution is 2.10. The molecule has 0 aliphatic heterocycles. The molecule has 0 saturated carbocycles. The van der Waals surface area contributed by atoms with Crippen LogP contribution in [0.25, 0.3) is 0 Å². The third kappa shape index (κ3) is 6.50. The van der Waals surface area contributed by atoms with Crippen molar-refractivity contribution in [3.8, 4) is 0 Å². The van der Waals surface area contributed by atoms with Gasteiger partial charge >= 0.3 is 5.97 Å². The summed E-state index contributed by atoms with van der Waals surface area (Å²) in [5.74, 6) is -1.83. The number of carbonyl (C=O) groups excluding carboxylic acids is 1. The zero-order valence-electron chi connectivity index (χ0n) is 11.4. The molecular weight excluding hydrogens is 274 g/mol. The number of primary amides is 1. The second kappa shape index (κ2) is 7.41. The van der Waals surface area contributed by atoms with Crippen LogP contribution < -0.4 is 5.73 Å². The number of amides is 1. The lowest BCUT2D eigenvalue weighted by atomic mass is 10.2. The molecule has 9 heteroatoms. The normalized spacial score (nSPS) is 12.3. The summed E-state index contributed by atoms with van der Waals surface area (Å²) < 4.78 is 26.2. The molecule has 19 heavy (non-hydrogen) atoms. The zero-order chi connectivity index (χ0) is 15.2. The van der Waals surface area contributed by atoms with Crippen molar-refractivity contribution in [3.05, 3.63) is 0 Å². The van der Waals surface area contributed by atoms with Crippen LogP contribution in [-0.4, -0.2) is 60.7 Å². The molecule has 112 valence electrons. The van der Waals surface area contributed by atoms with E-state index in [0.29, 0.717) is 0 Å². The number of carbonyl (C=O) groups is 2. The summed E-state index contributed by atoms with van der Waals surface area (Å²) in [4.78, 5) is 21.4. The maximum Gasteiger partial charge on any atom is 0.304 e. The molecule has 0 aromatic heterocycles. The summed E-state index contributed by atoms with van der Waals surface area (Å²) in [5, 5.41) is 8.55. The van der Waals surface area contributed by atoms with Crippen LogP contribution in [0.3, 0.4) is 0 Å². The summed E-state index contributed by atoms with van der Waals surface area (Å²) in [6.07, 6.45) is -0.304. The lowest BCUT2D eigenvalue weighted by Gasteiger charge is -2.27. The highest BCUT2D eigenvalue weighted by Gasteiger charge is 2.28. The Bertz CT molecular complexity index is 421. The fraction of sp³-hybridized carbons (Fsp3) is 0.800. The molecule has 0 aromatic rings. The van der Waals surface area contributed by atoms with E-state index in [1.54, 1.807) is 13.8 Å². The third-order valence-corrected chi connectivity index (χ3v) is 4.16. The van der Waals surface area contributed by atoms with E-state index in [0.717, 1.165) is 8.61 Å². The number of carboxylic acids is 1. The smallest absolute Gasteiger partial charge is 0.304 e. The molecule has 0 fully saturated rings. The van der Waals surface area contributed by atoms with E-state index in [2.05, 4.69) is 0 Å². The Morgan fingerprint density at radius 2 is 1.84 bits per heavy atom. The largest absolute Gasteiger partial charge is 0.481 e. The standard InChI is InChI=1S/C10H21N3O5S/c1-8(2)6-13(7-9(11)14)19(17,18)12(3)5-4-10(15)16/h8H,4-7H2,1-3H3,(H2,11,14)(H,15,16). The van der Waals surface area contributed by atoms with E-state index in [1.165, 1.54) is 7.05 Å². The number of nitrogens with zero attached hydrogens (tertiary/aromatic N) is 2. The first-order valence-corrected chi connectivity index (χ1v) is 7.18. The average molecular weight is 295 g/mol. The van der Waals surface area contributed by atoms with Gasteiger partial charge in [-0.3, -0.25) is 9.59 Å². The van der Waals surface area contributed by atoms with Gasteiger partial charge in [0.25, 0.3) is 10.2 Å². The predicted octanol–water partition coefficient (Wildman–Crippen LogP) is -0.919.